The summed E-state index contributed by atoms with van der Waals surface area (Å²) in [5.41, 5.74) is 0. The summed E-state index contributed by atoms with van der Waals surface area (Å²) in [6, 6.07) is 0. The maximum atomic E-state index is 7.57. The quantitative estimate of drug-likeness (QED) is 0.629. The zero-order valence-electron chi connectivity index (χ0n) is 4.97. The minimum Gasteiger partial charge on any atom is -0.397 e. The topological polar surface area (TPSA) is 32.3 Å². The first kappa shape index (κ1) is 15.7. The Morgan fingerprint density at radius 1 is 1.43 bits per heavy atom. The second kappa shape index (κ2) is 27.1. The van der Waals surface area contributed by atoms with Crippen molar-refractivity contribution in [3.63, 3.8) is 0 Å². The van der Waals surface area contributed by atoms with E-state index in [9.17, 15) is 0 Å². The summed E-state index contributed by atoms with van der Waals surface area (Å²) in [6.45, 7) is 1.93. The summed E-state index contributed by atoms with van der Waals surface area (Å²) in [6.07, 6.45) is 0. The molecule has 7 heavy (non-hydrogen) atoms. The largest absolute Gasteiger partial charge is 0.397 e. The Labute approximate surface area is 75.7 Å². The van der Waals surface area contributed by atoms with Crippen LogP contribution in [0.4, 0.5) is 0 Å². The molecular weight excluding hydrogens is 241 g/mol. The first-order valence-corrected chi connectivity index (χ1v) is 2.02. The van der Waals surface area contributed by atoms with E-state index in [0.29, 0.717) is 0 Å². The summed E-state index contributed by atoms with van der Waals surface area (Å²) in [4.78, 5) is 0. The van der Waals surface area contributed by atoms with Gasteiger partial charge in [0, 0.05) is 44.8 Å². The van der Waals surface area contributed by atoms with E-state index in [4.69, 9.17) is 5.11 Å². The van der Waals surface area contributed by atoms with Crippen LogP contribution in [0.1, 0.15) is 6.92 Å². The number of hydrogen-bond acceptors (Lipinski definition) is 2. The van der Waals surface area contributed by atoms with Crippen LogP contribution in [-0.4, -0.2) is 25.8 Å². The molecule has 0 unspecified atom stereocenters. The molecule has 0 bridgehead atoms. The maximum Gasteiger partial charge on any atom is 0.0402 e. The Balaban J connectivity index is -0.0000000400. The van der Waals surface area contributed by atoms with Gasteiger partial charge in [-0.25, -0.2) is 0 Å². The molecule has 0 aromatic carbocycles. The number of aliphatic hydroxyl groups is 1. The van der Waals surface area contributed by atoms with E-state index in [1.165, 1.54) is 0 Å². The molecule has 0 aliphatic heterocycles. The van der Waals surface area contributed by atoms with Crippen LogP contribution in [0.25, 0.3) is 0 Å². The number of aliphatic hydroxyl groups excluding tert-OH is 1. The Kier molecular flexibility index (Phi) is 60.8. The van der Waals surface area contributed by atoms with Gasteiger partial charge in [0.15, 0.2) is 0 Å². The van der Waals surface area contributed by atoms with E-state index in [1.807, 2.05) is 14.1 Å². The zero-order valence-corrected chi connectivity index (χ0v) is 7.00. The molecule has 0 rings (SSSR count). The normalized spacial score (nSPS) is 5.14. The van der Waals surface area contributed by atoms with E-state index in [1.54, 1.807) is 6.92 Å². The van der Waals surface area contributed by atoms with Crippen molar-refractivity contribution in [2.45, 2.75) is 6.92 Å². The van der Waals surface area contributed by atoms with Gasteiger partial charge < -0.3 is 10.4 Å². The van der Waals surface area contributed by atoms with E-state index < -0.39 is 0 Å². The Bertz CT molecular complexity index is 13.7. The molecule has 0 atom stereocenters. The van der Waals surface area contributed by atoms with Crippen LogP contribution < -0.4 is 5.32 Å². The van der Waals surface area contributed by atoms with Crippen LogP contribution in [0.5, 0.6) is 0 Å². The van der Waals surface area contributed by atoms with Crippen molar-refractivity contribution in [2.24, 2.45) is 0 Å². The Hall–Kier alpha value is 1.19. The maximum absolute atomic E-state index is 7.57. The van der Waals surface area contributed by atoms with Gasteiger partial charge in [-0.1, -0.05) is 0 Å². The Morgan fingerprint density at radius 3 is 1.43 bits per heavy atom. The van der Waals surface area contributed by atoms with Crippen molar-refractivity contribution in [3.05, 3.63) is 0 Å². The monoisotopic (exact) mass is 255 g/mol. The predicted octanol–water partition coefficient (Wildman–Crippen LogP) is -0.166. The molecule has 2 N–H and O–H groups in total. The second-order valence-corrected chi connectivity index (χ2v) is 0.816. The van der Waals surface area contributed by atoms with Gasteiger partial charge in [0.05, 0.1) is 0 Å². The third kappa shape index (κ3) is 136. The molecule has 0 heterocycles. The standard InChI is InChI=1S/C2H7N.C2H6O.Dy/c1-3-2;1-2-3;/h3H,1-2H3;3H,2H2,1H3;. The smallest absolute Gasteiger partial charge is 0.0402 e. The van der Waals surface area contributed by atoms with E-state index >= 15 is 0 Å². The van der Waals surface area contributed by atoms with Gasteiger partial charge in [-0.15, -0.1) is 0 Å². The minimum atomic E-state index is 0. The molecule has 0 radical (unpaired) electrons. The number of hydrogen-bond donors (Lipinski definition) is 2. The van der Waals surface area contributed by atoms with Gasteiger partial charge in [0.25, 0.3) is 0 Å². The van der Waals surface area contributed by atoms with Gasteiger partial charge in [0.2, 0.25) is 0 Å². The van der Waals surface area contributed by atoms with Crippen LogP contribution in [-0.2, 0) is 0 Å². The van der Waals surface area contributed by atoms with E-state index in [0.717, 1.165) is 0 Å². The van der Waals surface area contributed by atoms with Gasteiger partial charge in [-0.2, -0.15) is 0 Å². The van der Waals surface area contributed by atoms with Crippen molar-refractivity contribution in [1.82, 2.24) is 5.32 Å². The molecule has 0 aliphatic carbocycles. The van der Waals surface area contributed by atoms with Crippen LogP contribution in [0.2, 0.25) is 0 Å². The van der Waals surface area contributed by atoms with Crippen molar-refractivity contribution in [2.75, 3.05) is 20.7 Å². The molecule has 3 heteroatoms. The average molecular weight is 254 g/mol. The molecule has 0 aromatic rings. The third-order valence-electron chi connectivity index (χ3n) is 0. The molecule has 0 saturated heterocycles. The fourth-order valence-corrected chi connectivity index (χ4v) is 0. The van der Waals surface area contributed by atoms with E-state index in [-0.39, 0.29) is 44.8 Å². The molecule has 0 fully saturated rings. The summed E-state index contributed by atoms with van der Waals surface area (Å²) in [7, 11) is 3.75. The molecular formula is C4H13DyNO. The second-order valence-electron chi connectivity index (χ2n) is 0.816. The molecule has 0 saturated carbocycles. The number of rotatable bonds is 0. The summed E-state index contributed by atoms with van der Waals surface area (Å²) < 4.78 is 0. The van der Waals surface area contributed by atoms with Crippen LogP contribution in [0.15, 0.2) is 0 Å². The molecule has 0 aromatic heterocycles. The zero-order chi connectivity index (χ0) is 5.41. The van der Waals surface area contributed by atoms with Crippen LogP contribution >= 0.6 is 0 Å². The van der Waals surface area contributed by atoms with Crippen molar-refractivity contribution in [1.29, 1.82) is 0 Å². The molecule has 0 spiro atoms. The third-order valence-corrected chi connectivity index (χ3v) is 0. The fraction of sp³-hybridized carbons (Fsp3) is 1.00. The summed E-state index contributed by atoms with van der Waals surface area (Å²) in [5.74, 6) is 0. The van der Waals surface area contributed by atoms with Crippen molar-refractivity contribution < 1.29 is 43.3 Å². The van der Waals surface area contributed by atoms with Crippen LogP contribution in [0.3, 0.4) is 0 Å². The summed E-state index contributed by atoms with van der Waals surface area (Å²) >= 11 is 0. The van der Waals surface area contributed by atoms with Gasteiger partial charge in [-0.05, 0) is 21.0 Å². The minimum absolute atomic E-state index is 0. The van der Waals surface area contributed by atoms with Gasteiger partial charge >= 0.3 is 0 Å². The number of nitrogens with one attached hydrogen (secondary N) is 1. The summed E-state index contributed by atoms with van der Waals surface area (Å²) in [5, 5.41) is 10.3. The van der Waals surface area contributed by atoms with Crippen LogP contribution in [0, 0.1) is 38.2 Å². The first-order chi connectivity index (χ1) is 2.83. The molecule has 0 amide bonds. The predicted molar refractivity (Wildman–Crippen MR) is 27.7 cm³/mol. The van der Waals surface area contributed by atoms with E-state index in [2.05, 4.69) is 5.32 Å². The van der Waals surface area contributed by atoms with Crippen molar-refractivity contribution >= 4 is 0 Å². The van der Waals surface area contributed by atoms with Gasteiger partial charge in [-0.3, -0.25) is 0 Å². The molecule has 2 nitrogen and oxygen atoms in total. The average Bonchev–Trinajstić information content (AvgIpc) is 1.39. The van der Waals surface area contributed by atoms with Gasteiger partial charge in [0.1, 0.15) is 0 Å². The molecule has 0 aliphatic rings. The fourth-order valence-electron chi connectivity index (χ4n) is 0. The molecule has 50 valence electrons. The Morgan fingerprint density at radius 2 is 1.43 bits per heavy atom. The SMILES string of the molecule is CCO.CNC.[Dy]. The first-order valence-electron chi connectivity index (χ1n) is 2.02. The van der Waals surface area contributed by atoms with Crippen molar-refractivity contribution in [3.8, 4) is 0 Å².